The van der Waals surface area contributed by atoms with Crippen LogP contribution in [0.4, 0.5) is 0 Å². The molecule has 0 fully saturated rings. The molecule has 6 heteroatoms. The highest BCUT2D eigenvalue weighted by Crippen LogP contribution is 2.11. The quantitative estimate of drug-likeness (QED) is 0.761. The van der Waals surface area contributed by atoms with Crippen molar-refractivity contribution in [1.82, 2.24) is 4.98 Å². The van der Waals surface area contributed by atoms with Gasteiger partial charge in [0.1, 0.15) is 10.3 Å². The van der Waals surface area contributed by atoms with Crippen LogP contribution in [0.2, 0.25) is 0 Å². The predicted octanol–water partition coefficient (Wildman–Crippen LogP) is 4.50. The Labute approximate surface area is 124 Å². The van der Waals surface area contributed by atoms with E-state index >= 15 is 0 Å². The first-order chi connectivity index (χ1) is 9.66. The van der Waals surface area contributed by atoms with E-state index in [1.165, 1.54) is 29.0 Å². The Morgan fingerprint density at radius 1 is 1.20 bits per heavy atom. The summed E-state index contributed by atoms with van der Waals surface area (Å²) in [5, 5.41) is 14.3. The van der Waals surface area contributed by atoms with Gasteiger partial charge in [0.05, 0.1) is 12.5 Å². The first-order valence-corrected chi connectivity index (χ1v) is 6.99. The molecule has 20 heavy (non-hydrogen) atoms. The third-order valence-electron chi connectivity index (χ3n) is 2.36. The molecule has 1 aromatic carbocycles. The van der Waals surface area contributed by atoms with E-state index in [1.807, 2.05) is 29.6 Å². The molecule has 0 aliphatic rings. The summed E-state index contributed by atoms with van der Waals surface area (Å²) in [6, 6.07) is 9.12. The molecule has 0 amide bonds. The maximum absolute atomic E-state index is 11.1. The fraction of sp³-hybridized carbons (Fsp3) is 0. The zero-order chi connectivity index (χ0) is 14.4. The molecule has 0 bridgehead atoms. The van der Waals surface area contributed by atoms with Gasteiger partial charge in [0.15, 0.2) is 0 Å². The van der Waals surface area contributed by atoms with Gasteiger partial charge < -0.3 is 14.5 Å². The zero-order valence-corrected chi connectivity index (χ0v) is 11.9. The van der Waals surface area contributed by atoms with E-state index in [0.717, 1.165) is 10.8 Å². The van der Waals surface area contributed by atoms with Gasteiger partial charge in [0.2, 0.25) is 0 Å². The van der Waals surface area contributed by atoms with E-state index in [9.17, 15) is 4.79 Å². The fourth-order valence-electron chi connectivity index (χ4n) is 1.42. The molecule has 1 heterocycles. The highest BCUT2D eigenvalue weighted by atomic mass is 32.1. The molecule has 2 N–H and O–H groups in total. The van der Waals surface area contributed by atoms with Crippen LogP contribution in [0.15, 0.2) is 58.0 Å². The van der Waals surface area contributed by atoms with Crippen LogP contribution in [-0.4, -0.2) is 16.1 Å². The standard InChI is InChI=1S/C14H11NO3S2/c16-14(17)12-9-20-8-11-4-2-1-3-10(11)7-18-6-5-13(19)15-12/h1-9H,(H,15,19)(H,16,17). The van der Waals surface area contributed by atoms with Crippen LogP contribution < -0.4 is 0 Å². The van der Waals surface area contributed by atoms with Gasteiger partial charge in [-0.25, -0.2) is 4.79 Å². The second kappa shape index (κ2) is 6.83. The molecule has 0 spiro atoms. The highest BCUT2D eigenvalue weighted by Gasteiger charge is 1.98. The van der Waals surface area contributed by atoms with Gasteiger partial charge in [-0.3, -0.25) is 0 Å². The first kappa shape index (κ1) is 14.2. The van der Waals surface area contributed by atoms with Crippen LogP contribution in [0.1, 0.15) is 10.5 Å². The summed E-state index contributed by atoms with van der Waals surface area (Å²) >= 11 is 6.25. The highest BCUT2D eigenvalue weighted by molar-refractivity contribution is 7.71. The summed E-state index contributed by atoms with van der Waals surface area (Å²) in [5.41, 5.74) is 0.0166. The smallest absolute Gasteiger partial charge is 0.353 e. The van der Waals surface area contributed by atoms with Crippen molar-refractivity contribution in [3.8, 4) is 0 Å². The van der Waals surface area contributed by atoms with Crippen molar-refractivity contribution in [3.05, 3.63) is 64.0 Å². The van der Waals surface area contributed by atoms with E-state index in [0.29, 0.717) is 0 Å². The Hall–Kier alpha value is -2.18. The lowest BCUT2D eigenvalue weighted by atomic mass is 10.2. The Kier molecular flexibility index (Phi) is 4.86. The van der Waals surface area contributed by atoms with Crippen LogP contribution in [-0.2, 0) is 0 Å². The monoisotopic (exact) mass is 305 g/mol. The Morgan fingerprint density at radius 3 is 2.70 bits per heavy atom. The lowest BCUT2D eigenvalue weighted by Crippen LogP contribution is -1.97. The van der Waals surface area contributed by atoms with E-state index in [4.69, 9.17) is 21.7 Å². The van der Waals surface area contributed by atoms with Crippen LogP contribution in [0, 0.1) is 4.64 Å². The molecule has 0 aliphatic carbocycles. The average Bonchev–Trinajstić information content (AvgIpc) is 2.42. The number of fused-ring (bicyclic) bond motifs is 1. The van der Waals surface area contributed by atoms with Crippen molar-refractivity contribution in [2.24, 2.45) is 0 Å². The topological polar surface area (TPSA) is 66.2 Å². The number of carboxylic acids is 1. The van der Waals surface area contributed by atoms with E-state index < -0.39 is 5.97 Å². The van der Waals surface area contributed by atoms with E-state index in [2.05, 4.69) is 4.98 Å². The number of hydrogen-bond donors (Lipinski definition) is 2. The third kappa shape index (κ3) is 3.91. The van der Waals surface area contributed by atoms with Gasteiger partial charge in [0.25, 0.3) is 0 Å². The maximum atomic E-state index is 11.1. The van der Waals surface area contributed by atoms with Gasteiger partial charge >= 0.3 is 5.97 Å². The largest absolute Gasteiger partial charge is 0.477 e. The van der Waals surface area contributed by atoms with Crippen molar-refractivity contribution < 1.29 is 14.3 Å². The summed E-state index contributed by atoms with van der Waals surface area (Å²) in [4.78, 5) is 13.7. The van der Waals surface area contributed by atoms with Crippen LogP contribution in [0.25, 0.3) is 10.8 Å². The minimum Gasteiger partial charge on any atom is -0.477 e. The van der Waals surface area contributed by atoms with E-state index in [1.54, 1.807) is 6.26 Å². The van der Waals surface area contributed by atoms with Crippen molar-refractivity contribution in [1.29, 1.82) is 0 Å². The number of aromatic amines is 1. The van der Waals surface area contributed by atoms with Crippen molar-refractivity contribution in [2.75, 3.05) is 0 Å². The number of benzene rings is 1. The molecular formula is C14H11NO3S2. The second-order valence-electron chi connectivity index (χ2n) is 3.77. The van der Waals surface area contributed by atoms with Gasteiger partial charge in [-0.1, -0.05) is 36.5 Å². The lowest BCUT2D eigenvalue weighted by Gasteiger charge is -1.91. The molecule has 0 saturated heterocycles. The minimum absolute atomic E-state index is 0.0166. The molecule has 2 rings (SSSR count). The summed E-state index contributed by atoms with van der Waals surface area (Å²) < 4.78 is 5.54. The number of aromatic carboxylic acids is 1. The Balaban J connectivity index is 2.79. The number of H-pyrrole nitrogens is 1. The summed E-state index contributed by atoms with van der Waals surface area (Å²) in [6.07, 6.45) is 3.01. The molecule has 4 nitrogen and oxygen atoms in total. The van der Waals surface area contributed by atoms with Crippen molar-refractivity contribution in [2.45, 2.75) is 0 Å². The molecule has 0 unspecified atom stereocenters. The number of hydrogen-bond acceptors (Lipinski definition) is 4. The molecule has 2 aromatic rings. The Morgan fingerprint density at radius 2 is 1.95 bits per heavy atom. The lowest BCUT2D eigenvalue weighted by molar-refractivity contribution is 0.0691. The number of carbonyl (C=O) groups is 1. The zero-order valence-electron chi connectivity index (χ0n) is 10.3. The van der Waals surface area contributed by atoms with Crippen LogP contribution in [0.3, 0.4) is 0 Å². The normalized spacial score (nSPS) is 9.60. The average molecular weight is 305 g/mol. The molecule has 1 aromatic heterocycles. The molecule has 0 saturated carbocycles. The number of carboxylic acid groups (broad SMARTS) is 1. The first-order valence-electron chi connectivity index (χ1n) is 5.64. The number of nitrogens with one attached hydrogen (secondary N) is 1. The van der Waals surface area contributed by atoms with Gasteiger partial charge in [-0.2, -0.15) is 0 Å². The van der Waals surface area contributed by atoms with Crippen molar-refractivity contribution in [3.63, 3.8) is 0 Å². The Bertz CT molecular complexity index is 786. The number of aromatic nitrogens is 1. The van der Waals surface area contributed by atoms with E-state index in [-0.39, 0.29) is 10.3 Å². The summed E-state index contributed by atoms with van der Waals surface area (Å²) in [7, 11) is 0. The molecule has 0 aliphatic heterocycles. The number of rotatable bonds is 1. The maximum Gasteiger partial charge on any atom is 0.353 e. The van der Waals surface area contributed by atoms with Gasteiger partial charge in [-0.15, -0.1) is 11.3 Å². The molecule has 102 valence electrons. The molecule has 0 atom stereocenters. The summed E-state index contributed by atoms with van der Waals surface area (Å²) in [6.45, 7) is 0. The van der Waals surface area contributed by atoms with Crippen LogP contribution in [0.5, 0.6) is 0 Å². The van der Waals surface area contributed by atoms with Gasteiger partial charge in [-0.05, 0) is 10.8 Å². The van der Waals surface area contributed by atoms with Crippen LogP contribution >= 0.6 is 23.6 Å². The molecular weight excluding hydrogens is 294 g/mol. The molecule has 0 radical (unpaired) electrons. The van der Waals surface area contributed by atoms with Crippen molar-refractivity contribution >= 4 is 40.3 Å². The third-order valence-corrected chi connectivity index (χ3v) is 3.36. The SMILES string of the molecule is O=C(O)c1cscc2ccccc2coccc(=S)[nH]1. The summed E-state index contributed by atoms with van der Waals surface area (Å²) in [5.74, 6) is -1.07. The minimum atomic E-state index is -1.07. The second-order valence-corrected chi connectivity index (χ2v) is 4.95. The predicted molar refractivity (Wildman–Crippen MR) is 81.5 cm³/mol. The fourth-order valence-corrected chi connectivity index (χ4v) is 2.31. The van der Waals surface area contributed by atoms with Gasteiger partial charge in [0, 0.05) is 16.8 Å².